The molecule has 1 aliphatic rings. The maximum absolute atomic E-state index is 12.4. The van der Waals surface area contributed by atoms with Gasteiger partial charge in [-0.15, -0.1) is 0 Å². The molecule has 0 aliphatic carbocycles. The van der Waals surface area contributed by atoms with Gasteiger partial charge in [0, 0.05) is 24.3 Å². The zero-order chi connectivity index (χ0) is 12.5. The second-order valence-corrected chi connectivity index (χ2v) is 5.15. The molecule has 1 N–H and O–H groups in total. The second-order valence-electron chi connectivity index (χ2n) is 5.15. The summed E-state index contributed by atoms with van der Waals surface area (Å²) in [6.45, 7) is 4.87. The number of hydrogen-bond donors (Lipinski definition) is 1. The normalized spacial score (nSPS) is 15.9. The number of rotatable bonds is 3. The molecule has 3 nitrogen and oxygen atoms in total. The van der Waals surface area contributed by atoms with Gasteiger partial charge >= 0.3 is 0 Å². The SMILES string of the molecule is CC(C)(CCO)N1CCc2ccccc2C1=O. The average molecular weight is 233 g/mol. The van der Waals surface area contributed by atoms with Crippen LogP contribution in [0.5, 0.6) is 0 Å². The van der Waals surface area contributed by atoms with E-state index in [1.807, 2.05) is 43.0 Å². The number of carbonyl (C=O) groups is 1. The Balaban J connectivity index is 2.29. The number of carbonyl (C=O) groups excluding carboxylic acids is 1. The van der Waals surface area contributed by atoms with E-state index in [0.717, 1.165) is 24.1 Å². The van der Waals surface area contributed by atoms with Gasteiger partial charge in [0.15, 0.2) is 0 Å². The molecule has 0 saturated carbocycles. The third-order valence-electron chi connectivity index (χ3n) is 3.55. The summed E-state index contributed by atoms with van der Waals surface area (Å²) in [5, 5.41) is 9.08. The van der Waals surface area contributed by atoms with E-state index in [-0.39, 0.29) is 18.1 Å². The molecular weight excluding hydrogens is 214 g/mol. The van der Waals surface area contributed by atoms with E-state index in [2.05, 4.69) is 0 Å². The van der Waals surface area contributed by atoms with Crippen molar-refractivity contribution in [2.24, 2.45) is 0 Å². The van der Waals surface area contributed by atoms with Crippen molar-refractivity contribution >= 4 is 5.91 Å². The molecule has 1 amide bonds. The maximum atomic E-state index is 12.4. The molecule has 92 valence electrons. The Morgan fingerprint density at radius 3 is 2.76 bits per heavy atom. The van der Waals surface area contributed by atoms with E-state index in [9.17, 15) is 4.79 Å². The van der Waals surface area contributed by atoms with Crippen molar-refractivity contribution in [3.8, 4) is 0 Å². The molecule has 0 bridgehead atoms. The Morgan fingerprint density at radius 1 is 1.35 bits per heavy atom. The summed E-state index contributed by atoms with van der Waals surface area (Å²) in [5.41, 5.74) is 1.66. The number of aliphatic hydroxyl groups is 1. The van der Waals surface area contributed by atoms with Gasteiger partial charge in [-0.3, -0.25) is 4.79 Å². The van der Waals surface area contributed by atoms with E-state index in [1.165, 1.54) is 0 Å². The van der Waals surface area contributed by atoms with Gasteiger partial charge in [-0.25, -0.2) is 0 Å². The number of aliphatic hydroxyl groups excluding tert-OH is 1. The number of fused-ring (bicyclic) bond motifs is 1. The minimum atomic E-state index is -0.278. The molecule has 0 atom stereocenters. The lowest BCUT2D eigenvalue weighted by Gasteiger charge is -2.41. The van der Waals surface area contributed by atoms with Crippen LogP contribution < -0.4 is 0 Å². The largest absolute Gasteiger partial charge is 0.396 e. The molecule has 0 unspecified atom stereocenters. The lowest BCUT2D eigenvalue weighted by atomic mass is 9.91. The number of hydrogen-bond acceptors (Lipinski definition) is 2. The summed E-state index contributed by atoms with van der Waals surface area (Å²) < 4.78 is 0. The average Bonchev–Trinajstić information content (AvgIpc) is 2.29. The zero-order valence-electron chi connectivity index (χ0n) is 10.4. The van der Waals surface area contributed by atoms with Crippen LogP contribution >= 0.6 is 0 Å². The quantitative estimate of drug-likeness (QED) is 0.865. The molecule has 0 saturated heterocycles. The zero-order valence-corrected chi connectivity index (χ0v) is 10.4. The van der Waals surface area contributed by atoms with Crippen LogP contribution in [-0.2, 0) is 6.42 Å². The predicted molar refractivity (Wildman–Crippen MR) is 67.0 cm³/mol. The fourth-order valence-corrected chi connectivity index (χ4v) is 2.41. The third kappa shape index (κ3) is 2.20. The molecule has 1 heterocycles. The van der Waals surface area contributed by atoms with Crippen LogP contribution in [0.15, 0.2) is 24.3 Å². The van der Waals surface area contributed by atoms with Gasteiger partial charge in [0.1, 0.15) is 0 Å². The summed E-state index contributed by atoms with van der Waals surface area (Å²) in [6, 6.07) is 7.78. The molecule has 0 radical (unpaired) electrons. The van der Waals surface area contributed by atoms with Gasteiger partial charge in [-0.2, -0.15) is 0 Å². The van der Waals surface area contributed by atoms with Crippen molar-refractivity contribution in [3.63, 3.8) is 0 Å². The van der Waals surface area contributed by atoms with Gasteiger partial charge < -0.3 is 10.0 Å². The van der Waals surface area contributed by atoms with E-state index in [1.54, 1.807) is 0 Å². The molecule has 17 heavy (non-hydrogen) atoms. The molecule has 1 aromatic rings. The van der Waals surface area contributed by atoms with Crippen molar-refractivity contribution in [2.75, 3.05) is 13.2 Å². The summed E-state index contributed by atoms with van der Waals surface area (Å²) >= 11 is 0. The predicted octanol–water partition coefficient (Wildman–Crippen LogP) is 1.85. The Bertz CT molecular complexity index is 426. The molecule has 2 rings (SSSR count). The Labute approximate surface area is 102 Å². The van der Waals surface area contributed by atoms with Crippen LogP contribution in [0.4, 0.5) is 0 Å². The van der Waals surface area contributed by atoms with Crippen LogP contribution in [-0.4, -0.2) is 34.6 Å². The highest BCUT2D eigenvalue weighted by atomic mass is 16.3. The second kappa shape index (κ2) is 4.49. The first-order valence-corrected chi connectivity index (χ1v) is 6.07. The Hall–Kier alpha value is -1.35. The highest BCUT2D eigenvalue weighted by molar-refractivity contribution is 5.97. The minimum absolute atomic E-state index is 0.0882. The van der Waals surface area contributed by atoms with Crippen molar-refractivity contribution in [1.29, 1.82) is 0 Å². The molecule has 0 fully saturated rings. The number of nitrogens with zero attached hydrogens (tertiary/aromatic N) is 1. The molecule has 0 spiro atoms. The van der Waals surface area contributed by atoms with Crippen LogP contribution in [0.1, 0.15) is 36.2 Å². The standard InChI is InChI=1S/C14H19NO2/c1-14(2,8-10-16)15-9-7-11-5-3-4-6-12(11)13(15)17/h3-6,16H,7-10H2,1-2H3. The molecular formula is C14H19NO2. The van der Waals surface area contributed by atoms with Crippen molar-refractivity contribution in [1.82, 2.24) is 4.90 Å². The van der Waals surface area contributed by atoms with Crippen molar-refractivity contribution < 1.29 is 9.90 Å². The molecule has 1 aliphatic heterocycles. The maximum Gasteiger partial charge on any atom is 0.254 e. The summed E-state index contributed by atoms with van der Waals surface area (Å²) in [6.07, 6.45) is 1.51. The third-order valence-corrected chi connectivity index (χ3v) is 3.55. The highest BCUT2D eigenvalue weighted by Crippen LogP contribution is 2.27. The number of amides is 1. The molecule has 3 heteroatoms. The van der Waals surface area contributed by atoms with E-state index >= 15 is 0 Å². The van der Waals surface area contributed by atoms with Crippen molar-refractivity contribution in [2.45, 2.75) is 32.2 Å². The number of benzene rings is 1. The highest BCUT2D eigenvalue weighted by Gasteiger charge is 2.34. The van der Waals surface area contributed by atoms with Gasteiger partial charge in [-0.1, -0.05) is 18.2 Å². The lowest BCUT2D eigenvalue weighted by Crippen LogP contribution is -2.51. The van der Waals surface area contributed by atoms with Crippen molar-refractivity contribution in [3.05, 3.63) is 35.4 Å². The summed E-state index contributed by atoms with van der Waals surface area (Å²) in [7, 11) is 0. The van der Waals surface area contributed by atoms with E-state index in [0.29, 0.717) is 6.42 Å². The smallest absolute Gasteiger partial charge is 0.254 e. The van der Waals surface area contributed by atoms with Gasteiger partial charge in [0.2, 0.25) is 0 Å². The van der Waals surface area contributed by atoms with Crippen LogP contribution in [0, 0.1) is 0 Å². The van der Waals surface area contributed by atoms with Crippen LogP contribution in [0.3, 0.4) is 0 Å². The first-order chi connectivity index (χ1) is 8.06. The lowest BCUT2D eigenvalue weighted by molar-refractivity contribution is 0.0465. The first kappa shape index (κ1) is 12.1. The Morgan fingerprint density at radius 2 is 2.06 bits per heavy atom. The molecule has 1 aromatic carbocycles. The Kier molecular flexibility index (Phi) is 3.20. The molecule has 0 aromatic heterocycles. The van der Waals surface area contributed by atoms with E-state index < -0.39 is 0 Å². The topological polar surface area (TPSA) is 40.5 Å². The first-order valence-electron chi connectivity index (χ1n) is 6.07. The fourth-order valence-electron chi connectivity index (χ4n) is 2.41. The summed E-state index contributed by atoms with van der Waals surface area (Å²) in [4.78, 5) is 14.3. The fraction of sp³-hybridized carbons (Fsp3) is 0.500. The summed E-state index contributed by atoms with van der Waals surface area (Å²) in [5.74, 6) is 0.0882. The minimum Gasteiger partial charge on any atom is -0.396 e. The van der Waals surface area contributed by atoms with Gasteiger partial charge in [0.25, 0.3) is 5.91 Å². The van der Waals surface area contributed by atoms with Crippen LogP contribution in [0.2, 0.25) is 0 Å². The monoisotopic (exact) mass is 233 g/mol. The van der Waals surface area contributed by atoms with E-state index in [4.69, 9.17) is 5.11 Å². The van der Waals surface area contributed by atoms with Crippen LogP contribution in [0.25, 0.3) is 0 Å². The van der Waals surface area contributed by atoms with Gasteiger partial charge in [-0.05, 0) is 38.3 Å². The van der Waals surface area contributed by atoms with Gasteiger partial charge in [0.05, 0.1) is 0 Å².